The van der Waals surface area contributed by atoms with Crippen molar-refractivity contribution in [1.29, 1.82) is 0 Å². The van der Waals surface area contributed by atoms with Gasteiger partial charge in [0, 0.05) is 18.0 Å². The third-order valence-electron chi connectivity index (χ3n) is 4.13. The van der Waals surface area contributed by atoms with Gasteiger partial charge in [-0.25, -0.2) is 9.97 Å². The van der Waals surface area contributed by atoms with E-state index in [2.05, 4.69) is 58.5 Å². The molecule has 0 saturated carbocycles. The molecule has 138 valence electrons. The number of aromatic nitrogens is 6. The van der Waals surface area contributed by atoms with Crippen LogP contribution >= 0.6 is 11.6 Å². The summed E-state index contributed by atoms with van der Waals surface area (Å²) in [5.74, 6) is 2.34. The molecule has 0 radical (unpaired) electrons. The summed E-state index contributed by atoms with van der Waals surface area (Å²) in [6.07, 6.45) is 5.10. The molecule has 0 amide bonds. The van der Waals surface area contributed by atoms with Crippen molar-refractivity contribution in [2.24, 2.45) is 0 Å². The first-order valence-corrected chi connectivity index (χ1v) is 9.17. The zero-order chi connectivity index (χ0) is 18.7. The van der Waals surface area contributed by atoms with Crippen molar-refractivity contribution in [3.63, 3.8) is 0 Å². The van der Waals surface area contributed by atoms with E-state index in [4.69, 9.17) is 16.7 Å². The molecule has 26 heavy (non-hydrogen) atoms. The lowest BCUT2D eigenvalue weighted by atomic mass is 10.2. The number of hydrogen-bond donors (Lipinski definition) is 2. The quantitative estimate of drug-likeness (QED) is 0.644. The summed E-state index contributed by atoms with van der Waals surface area (Å²) in [6.45, 7) is 8.44. The Labute approximate surface area is 157 Å². The van der Waals surface area contributed by atoms with Gasteiger partial charge in [-0.1, -0.05) is 39.3 Å². The fraction of sp³-hybridized carbons (Fsp3) is 0.471. The minimum absolute atomic E-state index is 0.198. The number of nitrogens with one attached hydrogen (secondary N) is 2. The first-order chi connectivity index (χ1) is 12.5. The van der Waals surface area contributed by atoms with E-state index in [0.29, 0.717) is 22.7 Å². The van der Waals surface area contributed by atoms with Gasteiger partial charge in [0.15, 0.2) is 5.82 Å². The lowest BCUT2D eigenvalue weighted by molar-refractivity contribution is 0.661. The fourth-order valence-corrected chi connectivity index (χ4v) is 2.73. The van der Waals surface area contributed by atoms with Gasteiger partial charge in [-0.3, -0.25) is 0 Å². The third kappa shape index (κ3) is 3.85. The molecule has 3 rings (SSSR count). The lowest BCUT2D eigenvalue weighted by Crippen LogP contribution is -2.19. The summed E-state index contributed by atoms with van der Waals surface area (Å²) >= 11 is 5.81. The summed E-state index contributed by atoms with van der Waals surface area (Å²) in [5, 5.41) is 20.4. The van der Waals surface area contributed by atoms with Gasteiger partial charge >= 0.3 is 0 Å². The second-order valence-corrected chi connectivity index (χ2v) is 6.79. The Bertz CT molecular complexity index is 870. The van der Waals surface area contributed by atoms with Crippen LogP contribution in [-0.2, 0) is 0 Å². The molecule has 8 nitrogen and oxygen atoms in total. The summed E-state index contributed by atoms with van der Waals surface area (Å²) in [7, 11) is 0. The van der Waals surface area contributed by atoms with Crippen molar-refractivity contribution in [3.05, 3.63) is 29.4 Å². The van der Waals surface area contributed by atoms with Gasteiger partial charge in [-0.05, 0) is 12.8 Å². The zero-order valence-electron chi connectivity index (χ0n) is 15.4. The molecule has 0 aliphatic carbocycles. The molecule has 0 unspecified atom stereocenters. The van der Waals surface area contributed by atoms with Crippen LogP contribution in [0.15, 0.2) is 18.5 Å². The Hall–Kier alpha value is -2.48. The van der Waals surface area contributed by atoms with Crippen LogP contribution in [0.25, 0.3) is 5.65 Å². The van der Waals surface area contributed by atoms with Crippen LogP contribution in [0, 0.1) is 0 Å². The Kier molecular flexibility index (Phi) is 5.51. The molecule has 0 spiro atoms. The van der Waals surface area contributed by atoms with Crippen LogP contribution in [0.5, 0.6) is 0 Å². The molecular formula is C17H23ClN8. The van der Waals surface area contributed by atoms with Gasteiger partial charge in [-0.15, -0.1) is 15.3 Å². The van der Waals surface area contributed by atoms with Crippen molar-refractivity contribution in [1.82, 2.24) is 29.8 Å². The molecular weight excluding hydrogens is 352 g/mol. The molecule has 3 heterocycles. The van der Waals surface area contributed by atoms with E-state index < -0.39 is 0 Å². The Morgan fingerprint density at radius 1 is 1.08 bits per heavy atom. The van der Waals surface area contributed by atoms with Crippen molar-refractivity contribution in [2.45, 2.75) is 52.5 Å². The fourth-order valence-electron chi connectivity index (χ4n) is 2.64. The highest BCUT2D eigenvalue weighted by atomic mass is 35.5. The van der Waals surface area contributed by atoms with Gasteiger partial charge in [0.1, 0.15) is 16.8 Å². The van der Waals surface area contributed by atoms with E-state index in [9.17, 15) is 0 Å². The molecule has 9 heteroatoms. The van der Waals surface area contributed by atoms with Gasteiger partial charge in [0.25, 0.3) is 0 Å². The number of nitrogens with zero attached hydrogens (tertiary/aromatic N) is 6. The molecule has 0 saturated heterocycles. The summed E-state index contributed by atoms with van der Waals surface area (Å²) in [6, 6.07) is 2.27. The maximum absolute atomic E-state index is 5.81. The van der Waals surface area contributed by atoms with E-state index >= 15 is 0 Å². The minimum atomic E-state index is 0.198. The number of anilines is 3. The lowest BCUT2D eigenvalue weighted by Gasteiger charge is -2.17. The van der Waals surface area contributed by atoms with Crippen LogP contribution in [0.3, 0.4) is 0 Å². The number of rotatable bonds is 7. The van der Waals surface area contributed by atoms with Crippen molar-refractivity contribution in [3.8, 4) is 0 Å². The van der Waals surface area contributed by atoms with Crippen molar-refractivity contribution < 1.29 is 0 Å². The topological polar surface area (TPSA) is 92.9 Å². The maximum Gasteiger partial charge on any atom is 0.201 e. The van der Waals surface area contributed by atoms with Gasteiger partial charge in [0.2, 0.25) is 5.65 Å². The molecule has 0 aliphatic rings. The van der Waals surface area contributed by atoms with E-state index in [1.807, 2.05) is 6.07 Å². The Morgan fingerprint density at radius 2 is 1.85 bits per heavy atom. The van der Waals surface area contributed by atoms with Gasteiger partial charge < -0.3 is 10.6 Å². The van der Waals surface area contributed by atoms with Gasteiger partial charge in [-0.2, -0.15) is 4.52 Å². The highest BCUT2D eigenvalue weighted by molar-refractivity contribution is 6.29. The number of fused-ring (bicyclic) bond motifs is 1. The largest absolute Gasteiger partial charge is 0.366 e. The van der Waals surface area contributed by atoms with Crippen LogP contribution < -0.4 is 10.6 Å². The summed E-state index contributed by atoms with van der Waals surface area (Å²) in [4.78, 5) is 8.29. The van der Waals surface area contributed by atoms with Crippen molar-refractivity contribution in [2.75, 3.05) is 10.6 Å². The average Bonchev–Trinajstić information content (AvgIpc) is 3.06. The van der Waals surface area contributed by atoms with E-state index in [0.717, 1.165) is 30.2 Å². The second kappa shape index (κ2) is 7.82. The highest BCUT2D eigenvalue weighted by Crippen LogP contribution is 2.25. The second-order valence-electron chi connectivity index (χ2n) is 6.40. The Morgan fingerprint density at radius 3 is 2.46 bits per heavy atom. The molecule has 0 aromatic carbocycles. The smallest absolute Gasteiger partial charge is 0.201 e. The molecule has 3 aromatic rings. The minimum Gasteiger partial charge on any atom is -0.366 e. The first kappa shape index (κ1) is 18.3. The molecule has 0 fully saturated rings. The summed E-state index contributed by atoms with van der Waals surface area (Å²) in [5.41, 5.74) is 1.39. The monoisotopic (exact) mass is 374 g/mol. The van der Waals surface area contributed by atoms with Crippen LogP contribution in [0.2, 0.25) is 5.15 Å². The van der Waals surface area contributed by atoms with Crippen LogP contribution in [-0.4, -0.2) is 35.8 Å². The van der Waals surface area contributed by atoms with Gasteiger partial charge in [0.05, 0.1) is 18.1 Å². The standard InChI is InChI=1S/C17H23ClN8/c1-5-11(6-2)21-14-7-12(22-15-9-19-13(18)8-20-15)17-24-23-16(10(3)4)26(17)25-14/h7-11H,5-6H2,1-4H3,(H,20,22)(H,21,25). The zero-order valence-corrected chi connectivity index (χ0v) is 16.1. The molecule has 0 aliphatic heterocycles. The highest BCUT2D eigenvalue weighted by Gasteiger charge is 2.17. The molecule has 0 bridgehead atoms. The normalized spacial score (nSPS) is 11.5. The van der Waals surface area contributed by atoms with Crippen LogP contribution in [0.4, 0.5) is 17.3 Å². The Balaban J connectivity index is 2.05. The third-order valence-corrected chi connectivity index (χ3v) is 4.33. The predicted octanol–water partition coefficient (Wildman–Crippen LogP) is 4.04. The first-order valence-electron chi connectivity index (χ1n) is 8.79. The SMILES string of the molecule is CCC(CC)Nc1cc(Nc2cnc(Cl)cn2)c2nnc(C(C)C)n2n1. The average molecular weight is 375 g/mol. The predicted molar refractivity (Wildman–Crippen MR) is 103 cm³/mol. The molecule has 3 aromatic heterocycles. The maximum atomic E-state index is 5.81. The van der Waals surface area contributed by atoms with E-state index in [1.54, 1.807) is 10.7 Å². The van der Waals surface area contributed by atoms with Crippen molar-refractivity contribution >= 4 is 34.6 Å². The summed E-state index contributed by atoms with van der Waals surface area (Å²) < 4.78 is 1.78. The molecule has 0 atom stereocenters. The van der Waals surface area contributed by atoms with Crippen LogP contribution in [0.1, 0.15) is 52.3 Å². The van der Waals surface area contributed by atoms with E-state index in [-0.39, 0.29) is 5.92 Å². The number of hydrogen-bond acceptors (Lipinski definition) is 7. The molecule has 2 N–H and O–H groups in total. The number of halogens is 1. The van der Waals surface area contributed by atoms with E-state index in [1.165, 1.54) is 6.20 Å².